The van der Waals surface area contributed by atoms with Crippen LogP contribution in [0, 0.1) is 0 Å². The summed E-state index contributed by atoms with van der Waals surface area (Å²) in [6.45, 7) is 3.57. The normalized spacial score (nSPS) is 23.9. The predicted octanol–water partition coefficient (Wildman–Crippen LogP) is 1.36. The number of hydrogen-bond acceptors (Lipinski definition) is 4. The maximum atomic E-state index is 12.1. The third-order valence-electron chi connectivity index (χ3n) is 4.15. The molecule has 5 heteroatoms. The van der Waals surface area contributed by atoms with Gasteiger partial charge in [-0.15, -0.1) is 0 Å². The molecule has 2 rings (SSSR count). The second-order valence-electron chi connectivity index (χ2n) is 5.37. The molecule has 1 aliphatic carbocycles. The summed E-state index contributed by atoms with van der Waals surface area (Å²) in [6.07, 6.45) is 6.24. The third kappa shape index (κ3) is 3.22. The van der Waals surface area contributed by atoms with Gasteiger partial charge in [-0.25, -0.2) is 0 Å². The fourth-order valence-electron chi connectivity index (χ4n) is 2.83. The average molecular weight is 253 g/mol. The topological polar surface area (TPSA) is 64.9 Å². The van der Waals surface area contributed by atoms with Crippen molar-refractivity contribution < 1.29 is 10.0 Å². The largest absolute Gasteiger partial charge is 0.411 e. The van der Waals surface area contributed by atoms with E-state index in [0.29, 0.717) is 6.04 Å². The summed E-state index contributed by atoms with van der Waals surface area (Å²) in [5.74, 6) is 0.145. The van der Waals surface area contributed by atoms with Crippen molar-refractivity contribution in [3.8, 4) is 0 Å². The van der Waals surface area contributed by atoms with Gasteiger partial charge in [0.25, 0.3) is 0 Å². The molecule has 0 aromatic heterocycles. The molecule has 5 nitrogen and oxygen atoms in total. The molecule has 1 amide bonds. The van der Waals surface area contributed by atoms with Crippen LogP contribution < -0.4 is 5.32 Å². The predicted molar refractivity (Wildman–Crippen MR) is 69.9 cm³/mol. The Morgan fingerprint density at radius 2 is 2.00 bits per heavy atom. The van der Waals surface area contributed by atoms with Crippen molar-refractivity contribution in [1.82, 2.24) is 10.2 Å². The van der Waals surface area contributed by atoms with Crippen molar-refractivity contribution in [3.63, 3.8) is 0 Å². The van der Waals surface area contributed by atoms with E-state index < -0.39 is 0 Å². The van der Waals surface area contributed by atoms with Crippen LogP contribution in [0.2, 0.25) is 0 Å². The molecule has 0 radical (unpaired) electrons. The lowest BCUT2D eigenvalue weighted by Crippen LogP contribution is -2.50. The summed E-state index contributed by atoms with van der Waals surface area (Å²) < 4.78 is 0. The Hall–Kier alpha value is -1.10. The van der Waals surface area contributed by atoms with E-state index in [0.717, 1.165) is 44.5 Å². The zero-order chi connectivity index (χ0) is 13.0. The van der Waals surface area contributed by atoms with E-state index in [2.05, 4.69) is 15.4 Å². The summed E-state index contributed by atoms with van der Waals surface area (Å²) in [5.41, 5.74) is 0.842. The molecule has 2 N–H and O–H groups in total. The van der Waals surface area contributed by atoms with Gasteiger partial charge in [0.15, 0.2) is 0 Å². The van der Waals surface area contributed by atoms with E-state index in [1.165, 1.54) is 12.8 Å². The van der Waals surface area contributed by atoms with E-state index >= 15 is 0 Å². The van der Waals surface area contributed by atoms with Gasteiger partial charge in [-0.3, -0.25) is 9.69 Å². The molecule has 102 valence electrons. The zero-order valence-corrected chi connectivity index (χ0v) is 11.1. The molecule has 1 atom stereocenters. The first-order valence-corrected chi connectivity index (χ1v) is 6.95. The molecular formula is C13H23N3O2. The van der Waals surface area contributed by atoms with Gasteiger partial charge in [-0.1, -0.05) is 18.0 Å². The highest BCUT2D eigenvalue weighted by Crippen LogP contribution is 2.18. The number of rotatable bonds is 3. The van der Waals surface area contributed by atoms with Crippen LogP contribution in [0.4, 0.5) is 0 Å². The van der Waals surface area contributed by atoms with Gasteiger partial charge in [0.05, 0.1) is 11.8 Å². The van der Waals surface area contributed by atoms with Crippen LogP contribution in [0.3, 0.4) is 0 Å². The second kappa shape index (κ2) is 6.18. The summed E-state index contributed by atoms with van der Waals surface area (Å²) in [7, 11) is 0. The summed E-state index contributed by atoms with van der Waals surface area (Å²) in [5, 5.41) is 15.1. The van der Waals surface area contributed by atoms with Crippen molar-refractivity contribution in [3.05, 3.63) is 0 Å². The van der Waals surface area contributed by atoms with Gasteiger partial charge in [0, 0.05) is 32.0 Å². The monoisotopic (exact) mass is 253 g/mol. The number of hydrogen-bond donors (Lipinski definition) is 2. The van der Waals surface area contributed by atoms with Crippen molar-refractivity contribution in [2.75, 3.05) is 13.1 Å². The third-order valence-corrected chi connectivity index (χ3v) is 4.15. The Morgan fingerprint density at radius 1 is 1.39 bits per heavy atom. The molecule has 1 aliphatic heterocycles. The minimum Gasteiger partial charge on any atom is -0.411 e. The molecule has 1 unspecified atom stereocenters. The molecule has 0 bridgehead atoms. The molecule has 0 aromatic carbocycles. The standard InChI is InChI=1S/C13H23N3O2/c1-10(13(17)14-11-4-2-3-5-11)16-8-6-12(15-18)7-9-16/h10-11,18H,2-9H2,1H3,(H,14,17). The van der Waals surface area contributed by atoms with Gasteiger partial charge in [0.2, 0.25) is 5.91 Å². The first kappa shape index (κ1) is 13.3. The fraction of sp³-hybridized carbons (Fsp3) is 0.846. The first-order valence-electron chi connectivity index (χ1n) is 6.95. The average Bonchev–Trinajstić information content (AvgIpc) is 2.91. The van der Waals surface area contributed by atoms with Crippen molar-refractivity contribution in [2.24, 2.45) is 5.16 Å². The number of amides is 1. The minimum absolute atomic E-state index is 0.0779. The lowest BCUT2D eigenvalue weighted by molar-refractivity contribution is -0.126. The van der Waals surface area contributed by atoms with Gasteiger partial charge >= 0.3 is 0 Å². The van der Waals surface area contributed by atoms with Gasteiger partial charge in [-0.2, -0.15) is 0 Å². The number of nitrogens with one attached hydrogen (secondary N) is 1. The van der Waals surface area contributed by atoms with E-state index in [1.54, 1.807) is 0 Å². The summed E-state index contributed by atoms with van der Waals surface area (Å²) in [6, 6.07) is 0.310. The van der Waals surface area contributed by atoms with Crippen LogP contribution in [0.1, 0.15) is 45.4 Å². The SMILES string of the molecule is CC(C(=O)NC1CCCC1)N1CCC(=NO)CC1. The van der Waals surface area contributed by atoms with Gasteiger partial charge in [-0.05, 0) is 19.8 Å². The van der Waals surface area contributed by atoms with Crippen LogP contribution in [0.15, 0.2) is 5.16 Å². The Kier molecular flexibility index (Phi) is 4.58. The quantitative estimate of drug-likeness (QED) is 0.589. The Balaban J connectivity index is 1.79. The Morgan fingerprint density at radius 3 is 2.56 bits per heavy atom. The van der Waals surface area contributed by atoms with Gasteiger partial charge < -0.3 is 10.5 Å². The molecule has 1 saturated heterocycles. The maximum Gasteiger partial charge on any atom is 0.237 e. The number of nitrogens with zero attached hydrogens (tertiary/aromatic N) is 2. The highest BCUT2D eigenvalue weighted by molar-refractivity contribution is 5.86. The molecule has 2 aliphatic rings. The number of carbonyl (C=O) groups is 1. The van der Waals surface area contributed by atoms with Crippen LogP contribution in [-0.2, 0) is 4.79 Å². The number of oxime groups is 1. The number of carbonyl (C=O) groups excluding carboxylic acids is 1. The molecule has 1 heterocycles. The molecular weight excluding hydrogens is 230 g/mol. The molecule has 18 heavy (non-hydrogen) atoms. The smallest absolute Gasteiger partial charge is 0.237 e. The zero-order valence-electron chi connectivity index (χ0n) is 11.1. The van der Waals surface area contributed by atoms with Crippen LogP contribution >= 0.6 is 0 Å². The van der Waals surface area contributed by atoms with Gasteiger partial charge in [0.1, 0.15) is 0 Å². The maximum absolute atomic E-state index is 12.1. The second-order valence-corrected chi connectivity index (χ2v) is 5.37. The first-order chi connectivity index (χ1) is 8.70. The minimum atomic E-state index is -0.0779. The van der Waals surface area contributed by atoms with Crippen molar-refractivity contribution >= 4 is 11.6 Å². The van der Waals surface area contributed by atoms with Crippen LogP contribution in [0.5, 0.6) is 0 Å². The van der Waals surface area contributed by atoms with E-state index in [1.807, 2.05) is 6.92 Å². The van der Waals surface area contributed by atoms with E-state index in [9.17, 15) is 4.79 Å². The Bertz CT molecular complexity index is 314. The Labute approximate surface area is 108 Å². The number of likely N-dealkylation sites (tertiary alicyclic amines) is 1. The van der Waals surface area contributed by atoms with E-state index in [4.69, 9.17) is 5.21 Å². The summed E-state index contributed by atoms with van der Waals surface area (Å²) >= 11 is 0. The fourth-order valence-corrected chi connectivity index (χ4v) is 2.83. The molecule has 0 aromatic rings. The van der Waals surface area contributed by atoms with Crippen LogP contribution in [-0.4, -0.2) is 46.9 Å². The highest BCUT2D eigenvalue weighted by atomic mass is 16.4. The van der Waals surface area contributed by atoms with Crippen molar-refractivity contribution in [1.29, 1.82) is 0 Å². The highest BCUT2D eigenvalue weighted by Gasteiger charge is 2.27. The van der Waals surface area contributed by atoms with E-state index in [-0.39, 0.29) is 11.9 Å². The number of piperidine rings is 1. The lowest BCUT2D eigenvalue weighted by atomic mass is 10.1. The summed E-state index contributed by atoms with van der Waals surface area (Å²) in [4.78, 5) is 14.3. The van der Waals surface area contributed by atoms with Crippen LogP contribution in [0.25, 0.3) is 0 Å². The molecule has 0 spiro atoms. The van der Waals surface area contributed by atoms with Crippen molar-refractivity contribution in [2.45, 2.75) is 57.5 Å². The molecule has 2 fully saturated rings. The lowest BCUT2D eigenvalue weighted by Gasteiger charge is -2.32. The molecule has 1 saturated carbocycles.